The van der Waals surface area contributed by atoms with Gasteiger partial charge in [0.15, 0.2) is 6.20 Å². The Balaban J connectivity index is 1.90. The number of halogens is 1. The van der Waals surface area contributed by atoms with Crippen molar-refractivity contribution in [2.45, 2.75) is 18.0 Å². The highest BCUT2D eigenvalue weighted by molar-refractivity contribution is 7.99. The van der Waals surface area contributed by atoms with Gasteiger partial charge in [-0.05, 0) is 36.4 Å². The monoisotopic (exact) mass is 322 g/mol. The largest absolute Gasteiger partial charge is 0.618 e. The molecule has 1 aromatic heterocycles. The van der Waals surface area contributed by atoms with Gasteiger partial charge in [-0.15, -0.1) is 0 Å². The summed E-state index contributed by atoms with van der Waals surface area (Å²) < 4.78 is 0.745. The number of rotatable bonds is 5. The first-order chi connectivity index (χ1) is 10.1. The van der Waals surface area contributed by atoms with Crippen LogP contribution < -0.4 is 10.0 Å². The van der Waals surface area contributed by atoms with Crippen molar-refractivity contribution in [3.05, 3.63) is 64.5 Å². The number of pyridine rings is 1. The van der Waals surface area contributed by atoms with Crippen LogP contribution in [-0.4, -0.2) is 11.7 Å². The van der Waals surface area contributed by atoms with E-state index in [9.17, 15) is 10.0 Å². The minimum absolute atomic E-state index is 0.142. The summed E-state index contributed by atoms with van der Waals surface area (Å²) in [6, 6.07) is 12.3. The minimum Gasteiger partial charge on any atom is -0.618 e. The highest BCUT2D eigenvalue weighted by Gasteiger charge is 2.14. The number of amides is 1. The topological polar surface area (TPSA) is 56.0 Å². The third-order valence-electron chi connectivity index (χ3n) is 2.89. The molecule has 0 unspecified atom stereocenters. The van der Waals surface area contributed by atoms with Gasteiger partial charge in [0.25, 0.3) is 5.03 Å². The molecule has 2 rings (SSSR count). The van der Waals surface area contributed by atoms with E-state index in [0.29, 0.717) is 10.0 Å². The predicted molar refractivity (Wildman–Crippen MR) is 84.1 cm³/mol. The summed E-state index contributed by atoms with van der Waals surface area (Å²) in [5.74, 6) is 0.0393. The Morgan fingerprint density at radius 2 is 2.05 bits per heavy atom. The standard InChI is InChI=1S/C15H15ClN2O2S/c1-11(12-6-2-3-7-13(12)16)17-14(19)10-21-15-8-4-5-9-18(15)20/h2-9,11H,10H2,1H3,(H,17,19)/t11-/m1/s1. The third-order valence-corrected chi connectivity index (χ3v) is 4.25. The van der Waals surface area contributed by atoms with Crippen LogP contribution in [0.25, 0.3) is 0 Å². The fraction of sp³-hybridized carbons (Fsp3) is 0.200. The molecule has 0 saturated carbocycles. The van der Waals surface area contributed by atoms with Gasteiger partial charge in [-0.2, -0.15) is 4.73 Å². The molecule has 1 amide bonds. The molecule has 110 valence electrons. The number of carbonyl (C=O) groups excluding carboxylic acids is 1. The SMILES string of the molecule is C[C@@H](NC(=O)CSc1cccc[n+]1[O-])c1ccccc1Cl. The Morgan fingerprint density at radius 1 is 1.33 bits per heavy atom. The van der Waals surface area contributed by atoms with Crippen molar-refractivity contribution in [3.8, 4) is 0 Å². The number of nitrogens with zero attached hydrogens (tertiary/aromatic N) is 1. The molecule has 0 aliphatic rings. The first-order valence-corrected chi connectivity index (χ1v) is 7.79. The molecule has 21 heavy (non-hydrogen) atoms. The highest BCUT2D eigenvalue weighted by Crippen LogP contribution is 2.22. The molecule has 1 aromatic carbocycles. The van der Waals surface area contributed by atoms with Gasteiger partial charge in [0.05, 0.1) is 11.8 Å². The zero-order chi connectivity index (χ0) is 15.2. The van der Waals surface area contributed by atoms with Gasteiger partial charge in [0.1, 0.15) is 0 Å². The predicted octanol–water partition coefficient (Wildman–Crippen LogP) is 2.94. The number of aromatic nitrogens is 1. The molecular formula is C15H15ClN2O2S. The van der Waals surface area contributed by atoms with Crippen LogP contribution in [0.1, 0.15) is 18.5 Å². The summed E-state index contributed by atoms with van der Waals surface area (Å²) in [4.78, 5) is 11.9. The second-order valence-corrected chi connectivity index (χ2v) is 5.87. The van der Waals surface area contributed by atoms with Crippen LogP contribution in [-0.2, 0) is 4.79 Å². The van der Waals surface area contributed by atoms with Crippen LogP contribution in [0, 0.1) is 5.21 Å². The van der Waals surface area contributed by atoms with Crippen molar-refractivity contribution in [3.63, 3.8) is 0 Å². The van der Waals surface area contributed by atoms with Gasteiger partial charge < -0.3 is 10.5 Å². The maximum atomic E-state index is 11.9. The first-order valence-electron chi connectivity index (χ1n) is 6.42. The van der Waals surface area contributed by atoms with Gasteiger partial charge in [-0.25, -0.2) is 0 Å². The third kappa shape index (κ3) is 4.37. The number of thioether (sulfide) groups is 1. The van der Waals surface area contributed by atoms with Gasteiger partial charge in [0.2, 0.25) is 5.91 Å². The lowest BCUT2D eigenvalue weighted by molar-refractivity contribution is -0.645. The quantitative estimate of drug-likeness (QED) is 0.523. The van der Waals surface area contributed by atoms with Crippen molar-refractivity contribution in [2.75, 3.05) is 5.75 Å². The summed E-state index contributed by atoms with van der Waals surface area (Å²) in [5.41, 5.74) is 0.871. The number of nitrogens with one attached hydrogen (secondary N) is 1. The van der Waals surface area contributed by atoms with E-state index in [4.69, 9.17) is 11.6 Å². The van der Waals surface area contributed by atoms with E-state index in [1.54, 1.807) is 24.3 Å². The maximum Gasteiger partial charge on any atom is 0.251 e. The fourth-order valence-corrected chi connectivity index (χ4v) is 2.88. The van der Waals surface area contributed by atoms with E-state index in [2.05, 4.69) is 5.32 Å². The smallest absolute Gasteiger partial charge is 0.251 e. The molecule has 1 N–H and O–H groups in total. The average Bonchev–Trinajstić information content (AvgIpc) is 2.46. The Bertz CT molecular complexity index is 637. The molecule has 0 spiro atoms. The zero-order valence-corrected chi connectivity index (χ0v) is 13.0. The van der Waals surface area contributed by atoms with Crippen molar-refractivity contribution >= 4 is 29.3 Å². The maximum absolute atomic E-state index is 11.9. The minimum atomic E-state index is -0.179. The Labute approximate surface area is 132 Å². The Kier molecular flexibility index (Phi) is 5.47. The average molecular weight is 323 g/mol. The number of hydrogen-bond acceptors (Lipinski definition) is 3. The summed E-state index contributed by atoms with van der Waals surface area (Å²) >= 11 is 7.30. The molecule has 6 heteroatoms. The molecule has 0 aliphatic carbocycles. The summed E-state index contributed by atoms with van der Waals surface area (Å²) in [7, 11) is 0. The lowest BCUT2D eigenvalue weighted by atomic mass is 10.1. The second-order valence-electron chi connectivity index (χ2n) is 4.46. The highest BCUT2D eigenvalue weighted by atomic mass is 35.5. The van der Waals surface area contributed by atoms with Crippen molar-refractivity contribution in [1.29, 1.82) is 0 Å². The van der Waals surface area contributed by atoms with Crippen LogP contribution in [0.4, 0.5) is 0 Å². The molecule has 4 nitrogen and oxygen atoms in total. The normalized spacial score (nSPS) is 11.9. The molecule has 0 fully saturated rings. The Morgan fingerprint density at radius 3 is 2.76 bits per heavy atom. The van der Waals surface area contributed by atoms with Crippen LogP contribution in [0.3, 0.4) is 0 Å². The molecule has 0 bridgehead atoms. The van der Waals surface area contributed by atoms with E-state index >= 15 is 0 Å². The van der Waals surface area contributed by atoms with Crippen LogP contribution in [0.2, 0.25) is 5.02 Å². The number of carbonyl (C=O) groups is 1. The summed E-state index contributed by atoms with van der Waals surface area (Å²) in [6.07, 6.45) is 1.41. The van der Waals surface area contributed by atoms with Gasteiger partial charge in [0, 0.05) is 17.2 Å². The lowest BCUT2D eigenvalue weighted by Gasteiger charge is -2.15. The summed E-state index contributed by atoms with van der Waals surface area (Å²) in [5, 5.41) is 15.5. The van der Waals surface area contributed by atoms with E-state index in [1.807, 2.05) is 25.1 Å². The second kappa shape index (κ2) is 7.33. The van der Waals surface area contributed by atoms with Crippen LogP contribution in [0.5, 0.6) is 0 Å². The van der Waals surface area contributed by atoms with Gasteiger partial charge in [-0.1, -0.05) is 29.8 Å². The molecule has 1 heterocycles. The van der Waals surface area contributed by atoms with Crippen molar-refractivity contribution in [1.82, 2.24) is 5.32 Å². The molecule has 1 atom stereocenters. The zero-order valence-electron chi connectivity index (χ0n) is 11.5. The van der Waals surface area contributed by atoms with E-state index in [1.165, 1.54) is 18.0 Å². The Hall–Kier alpha value is -1.72. The molecule has 0 aliphatic heterocycles. The number of benzene rings is 1. The van der Waals surface area contributed by atoms with Crippen molar-refractivity contribution in [2.24, 2.45) is 0 Å². The molecule has 2 aromatic rings. The van der Waals surface area contributed by atoms with Crippen LogP contribution >= 0.6 is 23.4 Å². The lowest BCUT2D eigenvalue weighted by Crippen LogP contribution is -2.31. The molecular weight excluding hydrogens is 308 g/mol. The molecule has 0 saturated heterocycles. The first kappa shape index (κ1) is 15.7. The number of hydrogen-bond donors (Lipinski definition) is 1. The van der Waals surface area contributed by atoms with E-state index in [-0.39, 0.29) is 17.7 Å². The van der Waals surface area contributed by atoms with E-state index < -0.39 is 0 Å². The van der Waals surface area contributed by atoms with Crippen LogP contribution in [0.15, 0.2) is 53.7 Å². The summed E-state index contributed by atoms with van der Waals surface area (Å²) in [6.45, 7) is 1.88. The van der Waals surface area contributed by atoms with Gasteiger partial charge in [-0.3, -0.25) is 4.79 Å². The van der Waals surface area contributed by atoms with Gasteiger partial charge >= 0.3 is 0 Å². The van der Waals surface area contributed by atoms with Crippen molar-refractivity contribution < 1.29 is 9.52 Å². The fourth-order valence-electron chi connectivity index (χ4n) is 1.85. The molecule has 0 radical (unpaired) electrons. The van der Waals surface area contributed by atoms with E-state index in [0.717, 1.165) is 10.3 Å².